The molecule has 1 aromatic carbocycles. The molecule has 0 amide bonds. The normalized spacial score (nSPS) is 11.9. The molecule has 0 aliphatic rings. The fraction of sp³-hybridized carbons (Fsp3) is 0.368. The van der Waals surface area contributed by atoms with Gasteiger partial charge in [-0.15, -0.1) is 11.6 Å². The van der Waals surface area contributed by atoms with Crippen LogP contribution in [-0.2, 0) is 4.84 Å². The zero-order valence-electron chi connectivity index (χ0n) is 14.8. The predicted molar refractivity (Wildman–Crippen MR) is 101 cm³/mol. The van der Waals surface area contributed by atoms with E-state index in [9.17, 15) is 4.79 Å². The van der Waals surface area contributed by atoms with Crippen molar-refractivity contribution in [2.24, 2.45) is 5.16 Å². The quantitative estimate of drug-likeness (QED) is 0.300. The Morgan fingerprint density at radius 2 is 2.00 bits per heavy atom. The standard InChI is InChI=1S/C17H20ClNO3.C2H6/c1-3-6-14(7-5-10-18)12-22-19-13(2)15-8-4-9-16(11-15)17(20)21;1-2/h4-9,11H,3,10,12H2,1-2H3,(H,20,21);1-2H3/b7-5-,14-6+,19-13+;. The van der Waals surface area contributed by atoms with Gasteiger partial charge in [0.25, 0.3) is 0 Å². The second kappa shape index (κ2) is 13.4. The van der Waals surface area contributed by atoms with Crippen molar-refractivity contribution in [2.45, 2.75) is 34.1 Å². The Hall–Kier alpha value is -2.07. The van der Waals surface area contributed by atoms with Gasteiger partial charge in [0, 0.05) is 5.88 Å². The number of nitrogens with zero attached hydrogens (tertiary/aromatic N) is 1. The summed E-state index contributed by atoms with van der Waals surface area (Å²) in [4.78, 5) is 16.3. The summed E-state index contributed by atoms with van der Waals surface area (Å²) in [7, 11) is 0. The van der Waals surface area contributed by atoms with E-state index >= 15 is 0 Å². The Balaban J connectivity index is 0.00000254. The Morgan fingerprint density at radius 1 is 1.33 bits per heavy atom. The van der Waals surface area contributed by atoms with Crippen LogP contribution in [0.3, 0.4) is 0 Å². The summed E-state index contributed by atoms with van der Waals surface area (Å²) < 4.78 is 0. The van der Waals surface area contributed by atoms with E-state index in [1.54, 1.807) is 31.2 Å². The number of alkyl halides is 1. The molecule has 24 heavy (non-hydrogen) atoms. The fourth-order valence-corrected chi connectivity index (χ4v) is 1.86. The van der Waals surface area contributed by atoms with Crippen molar-refractivity contribution in [2.75, 3.05) is 12.5 Å². The summed E-state index contributed by atoms with van der Waals surface area (Å²) >= 11 is 5.62. The molecule has 0 saturated carbocycles. The SMILES string of the molecule is CC.CC/C=C(\C=C/CCl)CO/N=C(\C)c1cccc(C(=O)O)c1. The predicted octanol–water partition coefficient (Wildman–Crippen LogP) is 5.28. The fourth-order valence-electron chi connectivity index (χ4n) is 1.77. The van der Waals surface area contributed by atoms with Gasteiger partial charge in [-0.05, 0) is 36.6 Å². The van der Waals surface area contributed by atoms with E-state index in [0.29, 0.717) is 18.2 Å². The van der Waals surface area contributed by atoms with Crippen LogP contribution in [0.5, 0.6) is 0 Å². The van der Waals surface area contributed by atoms with Gasteiger partial charge >= 0.3 is 5.97 Å². The van der Waals surface area contributed by atoms with Crippen molar-refractivity contribution >= 4 is 23.3 Å². The number of carbonyl (C=O) groups is 1. The molecule has 5 heteroatoms. The minimum Gasteiger partial charge on any atom is -0.478 e. The molecule has 0 bridgehead atoms. The van der Waals surface area contributed by atoms with E-state index in [2.05, 4.69) is 5.16 Å². The largest absolute Gasteiger partial charge is 0.478 e. The van der Waals surface area contributed by atoms with Gasteiger partial charge in [0.05, 0.1) is 11.3 Å². The van der Waals surface area contributed by atoms with Crippen molar-refractivity contribution in [3.8, 4) is 0 Å². The lowest BCUT2D eigenvalue weighted by atomic mass is 10.1. The molecule has 0 radical (unpaired) electrons. The Morgan fingerprint density at radius 3 is 2.58 bits per heavy atom. The van der Waals surface area contributed by atoms with Gasteiger partial charge < -0.3 is 9.94 Å². The molecule has 4 nitrogen and oxygen atoms in total. The highest BCUT2D eigenvalue weighted by Crippen LogP contribution is 2.08. The summed E-state index contributed by atoms with van der Waals surface area (Å²) in [6.07, 6.45) is 6.69. The van der Waals surface area contributed by atoms with E-state index in [1.165, 1.54) is 0 Å². The lowest BCUT2D eigenvalue weighted by Crippen LogP contribution is -2.02. The maximum Gasteiger partial charge on any atom is 0.335 e. The topological polar surface area (TPSA) is 58.9 Å². The van der Waals surface area contributed by atoms with Crippen molar-refractivity contribution in [1.29, 1.82) is 0 Å². The molecule has 0 atom stereocenters. The number of allylic oxidation sites excluding steroid dienone is 2. The highest BCUT2D eigenvalue weighted by Gasteiger charge is 2.05. The number of carboxylic acids is 1. The molecule has 132 valence electrons. The third-order valence-corrected chi connectivity index (χ3v) is 3.03. The van der Waals surface area contributed by atoms with Crippen LogP contribution in [0.2, 0.25) is 0 Å². The van der Waals surface area contributed by atoms with Crippen LogP contribution < -0.4 is 0 Å². The third-order valence-electron chi connectivity index (χ3n) is 2.85. The first-order valence-corrected chi connectivity index (χ1v) is 8.53. The molecule has 1 aromatic rings. The maximum absolute atomic E-state index is 11.0. The monoisotopic (exact) mass is 351 g/mol. The van der Waals surface area contributed by atoms with Crippen molar-refractivity contribution in [3.05, 3.63) is 59.2 Å². The number of hydrogen-bond donors (Lipinski definition) is 1. The number of hydrogen-bond acceptors (Lipinski definition) is 3. The minimum absolute atomic E-state index is 0.226. The molecule has 0 saturated heterocycles. The molecular weight excluding hydrogens is 326 g/mol. The van der Waals surface area contributed by atoms with Crippen molar-refractivity contribution in [1.82, 2.24) is 0 Å². The lowest BCUT2D eigenvalue weighted by Gasteiger charge is -2.04. The van der Waals surface area contributed by atoms with Gasteiger partial charge in [0.2, 0.25) is 0 Å². The van der Waals surface area contributed by atoms with E-state index in [4.69, 9.17) is 21.5 Å². The molecule has 1 N–H and O–H groups in total. The highest BCUT2D eigenvalue weighted by atomic mass is 35.5. The number of rotatable bonds is 8. The van der Waals surface area contributed by atoms with Crippen LogP contribution >= 0.6 is 11.6 Å². The Kier molecular flexibility index (Phi) is 12.2. The molecule has 0 spiro atoms. The third kappa shape index (κ3) is 8.53. The molecule has 0 aromatic heterocycles. The number of benzene rings is 1. The summed E-state index contributed by atoms with van der Waals surface area (Å²) in [5, 5.41) is 13.0. The number of halogens is 1. The van der Waals surface area contributed by atoms with E-state index in [-0.39, 0.29) is 5.56 Å². The second-order valence-corrected chi connectivity index (χ2v) is 4.89. The molecule has 1 rings (SSSR count). The van der Waals surface area contributed by atoms with Gasteiger partial charge in [-0.2, -0.15) is 0 Å². The van der Waals surface area contributed by atoms with Crippen LogP contribution in [0.25, 0.3) is 0 Å². The van der Waals surface area contributed by atoms with Crippen LogP contribution in [0, 0.1) is 0 Å². The summed E-state index contributed by atoms with van der Waals surface area (Å²) in [6, 6.07) is 6.59. The smallest absolute Gasteiger partial charge is 0.335 e. The average Bonchev–Trinajstić information content (AvgIpc) is 2.61. The number of aromatic carboxylic acids is 1. The van der Waals surface area contributed by atoms with Gasteiger partial charge in [-0.1, -0.05) is 56.3 Å². The van der Waals surface area contributed by atoms with Crippen LogP contribution in [0.1, 0.15) is 50.0 Å². The van der Waals surface area contributed by atoms with E-state index in [1.807, 2.05) is 39.0 Å². The van der Waals surface area contributed by atoms with E-state index in [0.717, 1.165) is 17.6 Å². The molecular formula is C19H26ClNO3. The van der Waals surface area contributed by atoms with Crippen LogP contribution in [0.15, 0.2) is 53.2 Å². The van der Waals surface area contributed by atoms with Gasteiger partial charge in [-0.25, -0.2) is 4.79 Å². The van der Waals surface area contributed by atoms with Gasteiger partial charge in [0.1, 0.15) is 6.61 Å². The van der Waals surface area contributed by atoms with Crippen molar-refractivity contribution in [3.63, 3.8) is 0 Å². The summed E-state index contributed by atoms with van der Waals surface area (Å²) in [6.45, 7) is 8.16. The van der Waals surface area contributed by atoms with Crippen LogP contribution in [0.4, 0.5) is 0 Å². The van der Waals surface area contributed by atoms with Gasteiger partial charge in [-0.3, -0.25) is 0 Å². The number of oxime groups is 1. The highest BCUT2D eigenvalue weighted by molar-refractivity contribution is 6.18. The first-order valence-electron chi connectivity index (χ1n) is 8.00. The second-order valence-electron chi connectivity index (χ2n) is 4.58. The minimum atomic E-state index is -0.963. The average molecular weight is 352 g/mol. The Bertz CT molecular complexity index is 592. The first-order chi connectivity index (χ1) is 11.6. The molecule has 0 fully saturated rings. The molecule has 0 heterocycles. The molecule has 0 aliphatic heterocycles. The number of carboxylic acid groups (broad SMARTS) is 1. The van der Waals surface area contributed by atoms with Crippen molar-refractivity contribution < 1.29 is 14.7 Å². The lowest BCUT2D eigenvalue weighted by molar-refractivity contribution is 0.0697. The summed E-state index contributed by atoms with van der Waals surface area (Å²) in [5.74, 6) is -0.513. The van der Waals surface area contributed by atoms with Crippen LogP contribution in [-0.4, -0.2) is 29.3 Å². The maximum atomic E-state index is 11.0. The molecule has 0 aliphatic carbocycles. The Labute approximate surface area is 149 Å². The zero-order valence-corrected chi connectivity index (χ0v) is 15.5. The summed E-state index contributed by atoms with van der Waals surface area (Å²) in [5.41, 5.74) is 2.57. The first kappa shape index (κ1) is 21.9. The van der Waals surface area contributed by atoms with E-state index < -0.39 is 5.97 Å². The zero-order chi connectivity index (χ0) is 18.4. The molecule has 0 unspecified atom stereocenters. The van der Waals surface area contributed by atoms with Gasteiger partial charge in [0.15, 0.2) is 0 Å².